The van der Waals surface area contributed by atoms with Crippen molar-refractivity contribution in [3.8, 4) is 0 Å². The van der Waals surface area contributed by atoms with Crippen molar-refractivity contribution in [1.29, 1.82) is 0 Å². The number of nitrogens with zero attached hydrogens (tertiary/aromatic N) is 2. The van der Waals surface area contributed by atoms with E-state index >= 15 is 0 Å². The molecule has 0 aliphatic rings. The number of amides is 1. The number of nitrogens with one attached hydrogen (secondary N) is 1. The van der Waals surface area contributed by atoms with Crippen molar-refractivity contribution in [3.63, 3.8) is 0 Å². The molecule has 2 rings (SSSR count). The first-order chi connectivity index (χ1) is 11.4. The van der Waals surface area contributed by atoms with Gasteiger partial charge in [0.25, 0.3) is 5.69 Å². The molecule has 24 heavy (non-hydrogen) atoms. The van der Waals surface area contributed by atoms with Gasteiger partial charge in [-0.1, -0.05) is 34.1 Å². The minimum Gasteiger partial charge on any atom is -0.324 e. The van der Waals surface area contributed by atoms with Crippen molar-refractivity contribution in [2.24, 2.45) is 0 Å². The number of anilines is 1. The molecule has 0 fully saturated rings. The summed E-state index contributed by atoms with van der Waals surface area (Å²) in [6.07, 6.45) is 0. The van der Waals surface area contributed by atoms with Crippen LogP contribution in [0.5, 0.6) is 0 Å². The molecule has 7 heteroatoms. The molecule has 6 nitrogen and oxygen atoms in total. The number of likely N-dealkylation sites (N-methyl/N-ethyl adjacent to an activating group) is 1. The van der Waals surface area contributed by atoms with Gasteiger partial charge in [-0.3, -0.25) is 19.8 Å². The Morgan fingerprint density at radius 3 is 2.54 bits per heavy atom. The number of benzene rings is 2. The van der Waals surface area contributed by atoms with E-state index in [1.807, 2.05) is 36.2 Å². The maximum Gasteiger partial charge on any atom is 0.274 e. The third-order valence-electron chi connectivity index (χ3n) is 3.56. The van der Waals surface area contributed by atoms with E-state index in [2.05, 4.69) is 21.2 Å². The summed E-state index contributed by atoms with van der Waals surface area (Å²) in [5.41, 5.74) is 2.01. The molecule has 0 radical (unpaired) electrons. The average molecular weight is 392 g/mol. The first-order valence-corrected chi connectivity index (χ1v) is 8.13. The summed E-state index contributed by atoms with van der Waals surface area (Å²) in [5, 5.41) is 13.7. The Labute approximate surface area is 148 Å². The molecule has 0 spiro atoms. The summed E-state index contributed by atoms with van der Waals surface area (Å²) >= 11 is 3.39. The van der Waals surface area contributed by atoms with E-state index in [1.165, 1.54) is 6.07 Å². The molecule has 0 saturated heterocycles. The highest BCUT2D eigenvalue weighted by Crippen LogP contribution is 2.24. The lowest BCUT2D eigenvalue weighted by molar-refractivity contribution is -0.385. The number of hydrogen-bond acceptors (Lipinski definition) is 4. The first-order valence-electron chi connectivity index (χ1n) is 7.33. The van der Waals surface area contributed by atoms with Crippen LogP contribution in [0, 0.1) is 17.0 Å². The Morgan fingerprint density at radius 2 is 1.92 bits per heavy atom. The molecule has 0 heterocycles. The molecule has 0 aliphatic carbocycles. The van der Waals surface area contributed by atoms with E-state index in [-0.39, 0.29) is 18.1 Å². The molecule has 0 aliphatic heterocycles. The summed E-state index contributed by atoms with van der Waals surface area (Å²) in [7, 11) is 1.85. The minimum absolute atomic E-state index is 0.00369. The first kappa shape index (κ1) is 18.1. The lowest BCUT2D eigenvalue weighted by atomic mass is 10.1. The quantitative estimate of drug-likeness (QED) is 0.600. The van der Waals surface area contributed by atoms with Crippen LogP contribution in [0.25, 0.3) is 0 Å². The molecular formula is C17H18BrN3O3. The minimum atomic E-state index is -0.454. The van der Waals surface area contributed by atoms with E-state index < -0.39 is 4.92 Å². The SMILES string of the molecule is Cc1c(NC(=O)CN(C)Cc2ccc(Br)cc2)cccc1[N+](=O)[O-]. The zero-order valence-corrected chi connectivity index (χ0v) is 15.0. The number of carbonyl (C=O) groups excluding carboxylic acids is 1. The van der Waals surface area contributed by atoms with E-state index in [1.54, 1.807) is 19.1 Å². The van der Waals surface area contributed by atoms with Crippen LogP contribution >= 0.6 is 15.9 Å². The van der Waals surface area contributed by atoms with E-state index in [0.29, 0.717) is 17.8 Å². The van der Waals surface area contributed by atoms with Gasteiger partial charge in [-0.25, -0.2) is 0 Å². The highest BCUT2D eigenvalue weighted by atomic mass is 79.9. The van der Waals surface area contributed by atoms with Gasteiger partial charge < -0.3 is 5.32 Å². The maximum absolute atomic E-state index is 12.2. The topological polar surface area (TPSA) is 75.5 Å². The largest absolute Gasteiger partial charge is 0.324 e. The lowest BCUT2D eigenvalue weighted by Gasteiger charge is -2.17. The smallest absolute Gasteiger partial charge is 0.274 e. The van der Waals surface area contributed by atoms with Gasteiger partial charge in [-0.05, 0) is 37.7 Å². The van der Waals surface area contributed by atoms with Crippen LogP contribution in [-0.4, -0.2) is 29.3 Å². The van der Waals surface area contributed by atoms with Crippen LogP contribution in [0.15, 0.2) is 46.9 Å². The molecule has 126 valence electrons. The van der Waals surface area contributed by atoms with E-state index in [4.69, 9.17) is 0 Å². The summed E-state index contributed by atoms with van der Waals surface area (Å²) in [4.78, 5) is 24.5. The zero-order valence-electron chi connectivity index (χ0n) is 13.5. The van der Waals surface area contributed by atoms with Crippen LogP contribution in [0.3, 0.4) is 0 Å². The predicted molar refractivity (Wildman–Crippen MR) is 96.9 cm³/mol. The Bertz CT molecular complexity index is 747. The van der Waals surface area contributed by atoms with Crippen molar-refractivity contribution >= 4 is 33.2 Å². The number of carbonyl (C=O) groups is 1. The molecule has 0 saturated carbocycles. The van der Waals surface area contributed by atoms with Gasteiger partial charge in [0.15, 0.2) is 0 Å². The van der Waals surface area contributed by atoms with Gasteiger partial charge in [0.1, 0.15) is 0 Å². The molecule has 0 aromatic heterocycles. The summed E-state index contributed by atoms with van der Waals surface area (Å²) in [6, 6.07) is 12.5. The second kappa shape index (κ2) is 8.03. The fourth-order valence-corrected chi connectivity index (χ4v) is 2.61. The fourth-order valence-electron chi connectivity index (χ4n) is 2.35. The van der Waals surface area contributed by atoms with Crippen molar-refractivity contribution in [2.45, 2.75) is 13.5 Å². The Balaban J connectivity index is 1.96. The number of nitro benzene ring substituents is 1. The lowest BCUT2D eigenvalue weighted by Crippen LogP contribution is -2.30. The number of halogens is 1. The van der Waals surface area contributed by atoms with Crippen LogP contribution < -0.4 is 5.32 Å². The highest BCUT2D eigenvalue weighted by Gasteiger charge is 2.15. The third kappa shape index (κ3) is 4.87. The summed E-state index contributed by atoms with van der Waals surface area (Å²) in [6.45, 7) is 2.45. The van der Waals surface area contributed by atoms with Gasteiger partial charge in [0.2, 0.25) is 5.91 Å². The van der Waals surface area contributed by atoms with Gasteiger partial charge in [0.05, 0.1) is 22.7 Å². The van der Waals surface area contributed by atoms with Crippen molar-refractivity contribution < 1.29 is 9.72 Å². The molecule has 0 unspecified atom stereocenters. The Kier molecular flexibility index (Phi) is 6.05. The number of rotatable bonds is 6. The van der Waals surface area contributed by atoms with Gasteiger partial charge in [0, 0.05) is 17.1 Å². The van der Waals surface area contributed by atoms with Crippen molar-refractivity contribution in [3.05, 3.63) is 68.2 Å². The van der Waals surface area contributed by atoms with Crippen molar-refractivity contribution in [1.82, 2.24) is 4.90 Å². The Morgan fingerprint density at radius 1 is 1.25 bits per heavy atom. The molecule has 1 amide bonds. The molecule has 2 aromatic rings. The maximum atomic E-state index is 12.2. The monoisotopic (exact) mass is 391 g/mol. The Hall–Kier alpha value is -2.25. The fraction of sp³-hybridized carbons (Fsp3) is 0.235. The predicted octanol–water partition coefficient (Wildman–Crippen LogP) is 3.74. The standard InChI is InChI=1S/C17H18BrN3O3/c1-12-15(4-3-5-16(12)21(23)24)19-17(22)11-20(2)10-13-6-8-14(18)9-7-13/h3-9H,10-11H2,1-2H3,(H,19,22). The van der Waals surface area contributed by atoms with Gasteiger partial charge in [-0.2, -0.15) is 0 Å². The van der Waals surface area contributed by atoms with Crippen molar-refractivity contribution in [2.75, 3.05) is 18.9 Å². The summed E-state index contributed by atoms with van der Waals surface area (Å²) < 4.78 is 1.01. The third-order valence-corrected chi connectivity index (χ3v) is 4.08. The van der Waals surface area contributed by atoms with Crippen LogP contribution in [0.1, 0.15) is 11.1 Å². The second-order valence-corrected chi connectivity index (χ2v) is 6.47. The zero-order chi connectivity index (χ0) is 17.7. The van der Waals surface area contributed by atoms with E-state index in [0.717, 1.165) is 10.0 Å². The summed E-state index contributed by atoms with van der Waals surface area (Å²) in [5.74, 6) is -0.210. The molecule has 0 bridgehead atoms. The number of nitro groups is 1. The molecule has 2 aromatic carbocycles. The highest BCUT2D eigenvalue weighted by molar-refractivity contribution is 9.10. The average Bonchev–Trinajstić information content (AvgIpc) is 2.51. The van der Waals surface area contributed by atoms with Gasteiger partial charge >= 0.3 is 0 Å². The molecular weight excluding hydrogens is 374 g/mol. The number of hydrogen-bond donors (Lipinski definition) is 1. The van der Waals surface area contributed by atoms with Crippen LogP contribution in [0.4, 0.5) is 11.4 Å². The molecule has 0 atom stereocenters. The molecule has 1 N–H and O–H groups in total. The van der Waals surface area contributed by atoms with Gasteiger partial charge in [-0.15, -0.1) is 0 Å². The van der Waals surface area contributed by atoms with E-state index in [9.17, 15) is 14.9 Å². The second-order valence-electron chi connectivity index (χ2n) is 5.55. The van der Waals surface area contributed by atoms with Crippen LogP contribution in [-0.2, 0) is 11.3 Å². The van der Waals surface area contributed by atoms with Crippen LogP contribution in [0.2, 0.25) is 0 Å². The normalized spacial score (nSPS) is 10.7.